The van der Waals surface area contributed by atoms with Gasteiger partial charge in [0.05, 0.1) is 28.8 Å². The third-order valence-corrected chi connectivity index (χ3v) is 5.96. The number of benzene rings is 1. The minimum absolute atomic E-state index is 0.295. The molecule has 1 saturated heterocycles. The third-order valence-electron chi connectivity index (χ3n) is 5.96. The van der Waals surface area contributed by atoms with Crippen molar-refractivity contribution in [1.82, 2.24) is 30.1 Å². The van der Waals surface area contributed by atoms with E-state index in [1.807, 2.05) is 38.2 Å². The lowest BCUT2D eigenvalue weighted by molar-refractivity contribution is 0.312. The Labute approximate surface area is 174 Å². The number of halogens is 1. The Hall–Kier alpha value is -2.93. The van der Waals surface area contributed by atoms with Crippen molar-refractivity contribution < 1.29 is 4.39 Å². The number of piperidine rings is 1. The van der Waals surface area contributed by atoms with Gasteiger partial charge in [0.2, 0.25) is 0 Å². The molecule has 4 heterocycles. The van der Waals surface area contributed by atoms with Crippen LogP contribution in [0.5, 0.6) is 0 Å². The normalized spacial score (nSPS) is 22.1. The number of hydrogen-bond acceptors (Lipinski definition) is 5. The molecule has 30 heavy (non-hydrogen) atoms. The minimum atomic E-state index is -0.296. The molecule has 1 aliphatic heterocycles. The number of nitrogens with zero attached hydrogens (tertiary/aromatic N) is 5. The van der Waals surface area contributed by atoms with E-state index in [2.05, 4.69) is 39.4 Å². The number of aromatic nitrogens is 5. The predicted octanol–water partition coefficient (Wildman–Crippen LogP) is 4.34. The molecule has 2 unspecified atom stereocenters. The van der Waals surface area contributed by atoms with Gasteiger partial charge in [0, 0.05) is 29.0 Å². The van der Waals surface area contributed by atoms with Gasteiger partial charge in [-0.15, -0.1) is 0 Å². The van der Waals surface area contributed by atoms with Crippen molar-refractivity contribution >= 4 is 16.6 Å². The van der Waals surface area contributed by atoms with Crippen LogP contribution in [0, 0.1) is 19.7 Å². The molecular weight excluding hydrogens is 379 g/mol. The monoisotopic (exact) mass is 404 g/mol. The molecule has 1 fully saturated rings. The van der Waals surface area contributed by atoms with Crippen molar-refractivity contribution in [2.24, 2.45) is 0 Å². The zero-order chi connectivity index (χ0) is 21.0. The van der Waals surface area contributed by atoms with Gasteiger partial charge in [-0.3, -0.25) is 0 Å². The average molecular weight is 404 g/mol. The highest BCUT2D eigenvalue weighted by Gasteiger charge is 2.26. The SMILES string of the molecule is Cc1cn2nc(-c3cc(F)c4cc(C5CC(C)NC(C)C5)nnc4c3)cc(C)c2n1. The molecule has 0 spiro atoms. The Bertz CT molecular complexity index is 1250. The van der Waals surface area contributed by atoms with Crippen molar-refractivity contribution in [1.29, 1.82) is 0 Å². The summed E-state index contributed by atoms with van der Waals surface area (Å²) in [6, 6.07) is 8.04. The zero-order valence-electron chi connectivity index (χ0n) is 17.6. The van der Waals surface area contributed by atoms with E-state index in [1.165, 1.54) is 0 Å². The molecule has 4 aromatic rings. The maximum atomic E-state index is 15.1. The standard InChI is InChI=1S/C23H25FN6/c1-12-5-21(29-30-11-15(4)26-23(12)30)17-8-19(24)18-10-20(27-28-22(18)9-17)16-6-13(2)25-14(3)7-16/h5,8-11,13-14,16,25H,6-7H2,1-4H3. The molecule has 0 aliphatic carbocycles. The molecule has 6 nitrogen and oxygen atoms in total. The van der Waals surface area contributed by atoms with Crippen molar-refractivity contribution in [3.05, 3.63) is 53.2 Å². The summed E-state index contributed by atoms with van der Waals surface area (Å²) in [7, 11) is 0. The first kappa shape index (κ1) is 19.1. The van der Waals surface area contributed by atoms with Gasteiger partial charge >= 0.3 is 0 Å². The van der Waals surface area contributed by atoms with Crippen LogP contribution in [0.25, 0.3) is 27.8 Å². The molecule has 154 valence electrons. The lowest BCUT2D eigenvalue weighted by Crippen LogP contribution is -2.41. The smallest absolute Gasteiger partial charge is 0.156 e. The number of hydrogen-bond donors (Lipinski definition) is 1. The van der Waals surface area contributed by atoms with Gasteiger partial charge in [0.15, 0.2) is 5.65 Å². The third kappa shape index (κ3) is 3.33. The van der Waals surface area contributed by atoms with Crippen molar-refractivity contribution in [3.63, 3.8) is 0 Å². The van der Waals surface area contributed by atoms with E-state index in [4.69, 9.17) is 0 Å². The summed E-state index contributed by atoms with van der Waals surface area (Å²) in [6.07, 6.45) is 3.84. The van der Waals surface area contributed by atoms with Gasteiger partial charge in [0.25, 0.3) is 0 Å². The Morgan fingerprint density at radius 1 is 1.03 bits per heavy atom. The van der Waals surface area contributed by atoms with Crippen LogP contribution in [-0.2, 0) is 0 Å². The highest BCUT2D eigenvalue weighted by atomic mass is 19.1. The van der Waals surface area contributed by atoms with E-state index in [-0.39, 0.29) is 5.82 Å². The van der Waals surface area contributed by atoms with E-state index in [0.717, 1.165) is 35.4 Å². The van der Waals surface area contributed by atoms with Crippen LogP contribution in [0.1, 0.15) is 49.6 Å². The summed E-state index contributed by atoms with van der Waals surface area (Å²) >= 11 is 0. The minimum Gasteiger partial charge on any atom is -0.312 e. The van der Waals surface area contributed by atoms with Crippen LogP contribution in [0.3, 0.4) is 0 Å². The van der Waals surface area contributed by atoms with Crippen LogP contribution >= 0.6 is 0 Å². The van der Waals surface area contributed by atoms with Crippen molar-refractivity contribution in [2.75, 3.05) is 0 Å². The topological polar surface area (TPSA) is 68.0 Å². The van der Waals surface area contributed by atoms with Gasteiger partial charge in [-0.1, -0.05) is 0 Å². The summed E-state index contributed by atoms with van der Waals surface area (Å²) in [5, 5.41) is 17.5. The number of fused-ring (bicyclic) bond motifs is 2. The Morgan fingerprint density at radius 3 is 2.57 bits per heavy atom. The Balaban J connectivity index is 1.56. The van der Waals surface area contributed by atoms with E-state index >= 15 is 4.39 Å². The van der Waals surface area contributed by atoms with E-state index in [1.54, 1.807) is 10.6 Å². The van der Waals surface area contributed by atoms with Crippen LogP contribution in [-0.4, -0.2) is 36.9 Å². The van der Waals surface area contributed by atoms with E-state index < -0.39 is 0 Å². The van der Waals surface area contributed by atoms with Crippen LogP contribution < -0.4 is 5.32 Å². The second-order valence-electron chi connectivity index (χ2n) is 8.66. The van der Waals surface area contributed by atoms with Crippen LogP contribution in [0.15, 0.2) is 30.5 Å². The summed E-state index contributed by atoms with van der Waals surface area (Å²) in [4.78, 5) is 4.48. The van der Waals surface area contributed by atoms with Gasteiger partial charge in [-0.2, -0.15) is 15.3 Å². The molecular formula is C23H25FN6. The summed E-state index contributed by atoms with van der Waals surface area (Å²) in [6.45, 7) is 8.27. The second-order valence-corrected chi connectivity index (χ2v) is 8.66. The number of rotatable bonds is 2. The number of aryl methyl sites for hydroxylation is 2. The van der Waals surface area contributed by atoms with Gasteiger partial charge in [-0.25, -0.2) is 13.9 Å². The first-order chi connectivity index (χ1) is 14.4. The molecule has 1 aromatic carbocycles. The largest absolute Gasteiger partial charge is 0.312 e. The maximum absolute atomic E-state index is 15.1. The molecule has 1 N–H and O–H groups in total. The van der Waals surface area contributed by atoms with Crippen molar-refractivity contribution in [2.45, 2.75) is 58.5 Å². The molecule has 2 atom stereocenters. The first-order valence-electron chi connectivity index (χ1n) is 10.4. The lowest BCUT2D eigenvalue weighted by Gasteiger charge is -2.32. The Kier molecular flexibility index (Phi) is 4.50. The Morgan fingerprint density at radius 2 is 1.80 bits per heavy atom. The summed E-state index contributed by atoms with van der Waals surface area (Å²) < 4.78 is 16.9. The maximum Gasteiger partial charge on any atom is 0.156 e. The summed E-state index contributed by atoms with van der Waals surface area (Å²) in [5.74, 6) is -0.00141. The van der Waals surface area contributed by atoms with Crippen LogP contribution in [0.4, 0.5) is 4.39 Å². The fourth-order valence-corrected chi connectivity index (χ4v) is 4.66. The molecule has 0 amide bonds. The average Bonchev–Trinajstić information content (AvgIpc) is 3.08. The highest BCUT2D eigenvalue weighted by molar-refractivity contribution is 5.84. The fraction of sp³-hybridized carbons (Fsp3) is 0.391. The second kappa shape index (κ2) is 7.09. The van der Waals surface area contributed by atoms with E-state index in [0.29, 0.717) is 40.2 Å². The van der Waals surface area contributed by atoms with Crippen LogP contribution in [0.2, 0.25) is 0 Å². The summed E-state index contributed by atoms with van der Waals surface area (Å²) in [5.41, 5.74) is 5.49. The van der Waals surface area contributed by atoms with Crippen molar-refractivity contribution in [3.8, 4) is 11.3 Å². The van der Waals surface area contributed by atoms with Gasteiger partial charge < -0.3 is 5.32 Å². The molecule has 0 radical (unpaired) electrons. The van der Waals surface area contributed by atoms with Gasteiger partial charge in [-0.05, 0) is 70.4 Å². The quantitative estimate of drug-likeness (QED) is 0.538. The lowest BCUT2D eigenvalue weighted by atomic mass is 9.86. The molecule has 7 heteroatoms. The van der Waals surface area contributed by atoms with Gasteiger partial charge in [0.1, 0.15) is 5.82 Å². The highest BCUT2D eigenvalue weighted by Crippen LogP contribution is 2.32. The molecule has 5 rings (SSSR count). The first-order valence-corrected chi connectivity index (χ1v) is 10.4. The zero-order valence-corrected chi connectivity index (χ0v) is 17.6. The molecule has 3 aromatic heterocycles. The molecule has 0 saturated carbocycles. The van der Waals surface area contributed by atoms with E-state index in [9.17, 15) is 0 Å². The molecule has 1 aliphatic rings. The predicted molar refractivity (Wildman–Crippen MR) is 115 cm³/mol. The molecule has 0 bridgehead atoms. The number of imidazole rings is 1. The number of nitrogens with one attached hydrogen (secondary N) is 1. The fourth-order valence-electron chi connectivity index (χ4n) is 4.66.